The van der Waals surface area contributed by atoms with Gasteiger partial charge in [-0.05, 0) is 48.4 Å². The van der Waals surface area contributed by atoms with Crippen molar-refractivity contribution in [2.45, 2.75) is 19.0 Å². The van der Waals surface area contributed by atoms with E-state index < -0.39 is 11.7 Å². The Morgan fingerprint density at radius 2 is 1.76 bits per heavy atom. The molecule has 2 heterocycles. The quantitative estimate of drug-likeness (QED) is 0.516. The Morgan fingerprint density at radius 3 is 2.45 bits per heavy atom. The number of urea groups is 1. The van der Waals surface area contributed by atoms with Crippen LogP contribution in [0.25, 0.3) is 0 Å². The maximum Gasteiger partial charge on any atom is 0.416 e. The summed E-state index contributed by atoms with van der Waals surface area (Å²) in [4.78, 5) is 21.0. The lowest BCUT2D eigenvalue weighted by molar-refractivity contribution is -0.137. The zero-order chi connectivity index (χ0) is 23.4. The van der Waals surface area contributed by atoms with E-state index in [0.29, 0.717) is 36.8 Å². The largest absolute Gasteiger partial charge is 0.416 e. The summed E-state index contributed by atoms with van der Waals surface area (Å²) in [6.07, 6.45) is -3.05. The summed E-state index contributed by atoms with van der Waals surface area (Å²) in [5.41, 5.74) is 0.647. The monoisotopic (exact) mass is 495 g/mol. The number of carbonyl (C=O) groups excluding carboxylic acids is 1. The highest BCUT2D eigenvalue weighted by atomic mass is 35.5. The van der Waals surface area contributed by atoms with Gasteiger partial charge in [0.2, 0.25) is 5.13 Å². The van der Waals surface area contributed by atoms with Gasteiger partial charge in [0.1, 0.15) is 5.82 Å². The average Bonchev–Trinajstić information content (AvgIpc) is 3.09. The Labute approximate surface area is 198 Å². The molecule has 174 valence electrons. The fourth-order valence-corrected chi connectivity index (χ4v) is 4.35. The number of benzene rings is 2. The smallest absolute Gasteiger partial charge is 0.345 e. The van der Waals surface area contributed by atoms with E-state index >= 15 is 0 Å². The van der Waals surface area contributed by atoms with E-state index in [2.05, 4.69) is 19.6 Å². The van der Waals surface area contributed by atoms with Crippen LogP contribution in [0.1, 0.15) is 23.4 Å². The van der Waals surface area contributed by atoms with E-state index in [1.54, 1.807) is 4.90 Å². The molecule has 3 aromatic rings. The zero-order valence-electron chi connectivity index (χ0n) is 17.5. The van der Waals surface area contributed by atoms with Crippen molar-refractivity contribution in [1.29, 1.82) is 0 Å². The molecule has 2 aromatic carbocycles. The molecule has 6 nitrogen and oxygen atoms in total. The normalized spacial score (nSPS) is 14.8. The van der Waals surface area contributed by atoms with Crippen LogP contribution in [0.2, 0.25) is 5.02 Å². The van der Waals surface area contributed by atoms with Crippen LogP contribution in [0, 0.1) is 0 Å². The minimum atomic E-state index is -4.41. The molecule has 0 atom stereocenters. The number of rotatable bonds is 4. The second-order valence-electron chi connectivity index (χ2n) is 7.63. The molecule has 4 rings (SSSR count). The first-order chi connectivity index (χ1) is 15.8. The van der Waals surface area contributed by atoms with E-state index in [9.17, 15) is 18.0 Å². The lowest BCUT2D eigenvalue weighted by Gasteiger charge is -2.22. The number of alkyl halides is 3. The number of nitrogens with one attached hydrogen (secondary N) is 1. The number of nitrogens with zero attached hydrogens (tertiary/aromatic N) is 4. The molecule has 1 fully saturated rings. The number of halogens is 4. The number of hydrogen-bond acceptors (Lipinski definition) is 5. The molecule has 1 aromatic heterocycles. The number of amides is 2. The number of aromatic nitrogens is 2. The lowest BCUT2D eigenvalue weighted by atomic mass is 10.1. The molecule has 0 saturated carbocycles. The third-order valence-electron chi connectivity index (χ3n) is 5.25. The molecular weight excluding hydrogens is 475 g/mol. The summed E-state index contributed by atoms with van der Waals surface area (Å²) in [6.45, 7) is 2.34. The Kier molecular flexibility index (Phi) is 7.04. The molecule has 1 saturated heterocycles. The average molecular weight is 496 g/mol. The van der Waals surface area contributed by atoms with Gasteiger partial charge >= 0.3 is 12.2 Å². The maximum absolute atomic E-state index is 12.7. The number of anilines is 2. The number of hydrogen-bond donors (Lipinski definition) is 1. The van der Waals surface area contributed by atoms with Crippen molar-refractivity contribution < 1.29 is 18.0 Å². The minimum absolute atomic E-state index is 0.324. The molecular formula is C22H21ClF3N5OS. The number of carbonyl (C=O) groups is 1. The molecule has 0 spiro atoms. The fourth-order valence-electron chi connectivity index (χ4n) is 3.49. The van der Waals surface area contributed by atoms with E-state index in [1.165, 1.54) is 23.7 Å². The molecule has 0 radical (unpaired) electrons. The van der Waals surface area contributed by atoms with Gasteiger partial charge in [0, 0.05) is 54.8 Å². The van der Waals surface area contributed by atoms with Crippen LogP contribution in [-0.2, 0) is 12.6 Å². The van der Waals surface area contributed by atoms with Gasteiger partial charge in [-0.1, -0.05) is 23.7 Å². The van der Waals surface area contributed by atoms with Crippen molar-refractivity contribution in [2.75, 3.05) is 36.4 Å². The Hall–Kier alpha value is -2.85. The third-order valence-corrected chi connectivity index (χ3v) is 6.32. The molecule has 11 heteroatoms. The SMILES string of the molecule is O=C(Nc1ccc(C(F)(F)F)cc1)N1CCCN(c2nc(Cc3ccc(Cl)cc3)ns2)CC1. The summed E-state index contributed by atoms with van der Waals surface area (Å²) in [5, 5.41) is 4.17. The first-order valence-corrected chi connectivity index (χ1v) is 11.5. The molecule has 0 aliphatic carbocycles. The second-order valence-corrected chi connectivity index (χ2v) is 8.80. The third kappa shape index (κ3) is 6.14. The molecule has 33 heavy (non-hydrogen) atoms. The lowest BCUT2D eigenvalue weighted by Crippen LogP contribution is -2.38. The first-order valence-electron chi connectivity index (χ1n) is 10.3. The molecule has 1 aliphatic rings. The molecule has 2 amide bonds. The van der Waals surface area contributed by atoms with Crippen LogP contribution in [0.15, 0.2) is 48.5 Å². The Balaban J connectivity index is 1.32. The standard InChI is InChI=1S/C22H21ClF3N5OS/c23-17-6-2-15(3-7-17)14-19-28-21(33-29-19)31-11-1-10-30(12-13-31)20(32)27-18-8-4-16(5-9-18)22(24,25)26/h2-9H,1,10-14H2,(H,27,32). The highest BCUT2D eigenvalue weighted by Crippen LogP contribution is 2.30. The summed E-state index contributed by atoms with van der Waals surface area (Å²) in [7, 11) is 0. The molecule has 1 N–H and O–H groups in total. The topological polar surface area (TPSA) is 61.4 Å². The van der Waals surface area contributed by atoms with Crippen molar-refractivity contribution in [2.24, 2.45) is 0 Å². The van der Waals surface area contributed by atoms with Gasteiger partial charge in [-0.2, -0.15) is 17.5 Å². The van der Waals surface area contributed by atoms with E-state index in [-0.39, 0.29) is 6.03 Å². The highest BCUT2D eigenvalue weighted by Gasteiger charge is 2.30. The van der Waals surface area contributed by atoms with Crippen LogP contribution in [-0.4, -0.2) is 46.5 Å². The van der Waals surface area contributed by atoms with Crippen LogP contribution in [0.5, 0.6) is 0 Å². The summed E-state index contributed by atoms with van der Waals surface area (Å²) in [5.74, 6) is 0.735. The summed E-state index contributed by atoms with van der Waals surface area (Å²) in [6, 6.07) is 11.7. The molecule has 1 aliphatic heterocycles. The zero-order valence-corrected chi connectivity index (χ0v) is 19.1. The van der Waals surface area contributed by atoms with Crippen molar-refractivity contribution in [1.82, 2.24) is 14.3 Å². The van der Waals surface area contributed by atoms with Gasteiger partial charge < -0.3 is 15.1 Å². The summed E-state index contributed by atoms with van der Waals surface area (Å²) >= 11 is 7.26. The van der Waals surface area contributed by atoms with Gasteiger partial charge in [0.25, 0.3) is 0 Å². The van der Waals surface area contributed by atoms with E-state index in [0.717, 1.165) is 41.6 Å². The van der Waals surface area contributed by atoms with Gasteiger partial charge in [-0.25, -0.2) is 9.78 Å². The second kappa shape index (κ2) is 9.96. The van der Waals surface area contributed by atoms with Gasteiger partial charge in [-0.3, -0.25) is 0 Å². The van der Waals surface area contributed by atoms with Crippen LogP contribution >= 0.6 is 23.1 Å². The van der Waals surface area contributed by atoms with Crippen molar-refractivity contribution >= 4 is 40.0 Å². The first kappa shape index (κ1) is 23.3. The molecule has 0 bridgehead atoms. The van der Waals surface area contributed by atoms with Crippen LogP contribution in [0.4, 0.5) is 28.8 Å². The maximum atomic E-state index is 12.7. The summed E-state index contributed by atoms with van der Waals surface area (Å²) < 4.78 is 42.6. The fraction of sp³-hybridized carbons (Fsp3) is 0.318. The van der Waals surface area contributed by atoms with Gasteiger partial charge in [0.05, 0.1) is 5.56 Å². The van der Waals surface area contributed by atoms with Gasteiger partial charge in [0.15, 0.2) is 0 Å². The van der Waals surface area contributed by atoms with Crippen molar-refractivity contribution in [3.8, 4) is 0 Å². The van der Waals surface area contributed by atoms with Crippen molar-refractivity contribution in [3.63, 3.8) is 0 Å². The van der Waals surface area contributed by atoms with Crippen LogP contribution < -0.4 is 10.2 Å². The van der Waals surface area contributed by atoms with Crippen LogP contribution in [0.3, 0.4) is 0 Å². The highest BCUT2D eigenvalue weighted by molar-refractivity contribution is 7.09. The van der Waals surface area contributed by atoms with E-state index in [1.807, 2.05) is 24.3 Å². The molecule has 0 unspecified atom stereocenters. The Morgan fingerprint density at radius 1 is 1.03 bits per heavy atom. The van der Waals surface area contributed by atoms with E-state index in [4.69, 9.17) is 11.6 Å². The Bertz CT molecular complexity index is 1090. The van der Waals surface area contributed by atoms with Gasteiger partial charge in [-0.15, -0.1) is 0 Å². The minimum Gasteiger partial charge on any atom is -0.345 e. The van der Waals surface area contributed by atoms with Crippen molar-refractivity contribution in [3.05, 3.63) is 70.5 Å². The predicted molar refractivity (Wildman–Crippen MR) is 123 cm³/mol. The predicted octanol–water partition coefficient (Wildman–Crippen LogP) is 5.55.